The zero-order valence-corrected chi connectivity index (χ0v) is 9.42. The van der Waals surface area contributed by atoms with Crippen LogP contribution in [0.3, 0.4) is 0 Å². The molecule has 3 nitrogen and oxygen atoms in total. The second kappa shape index (κ2) is 4.61. The molecular formula is C10H22N2O. The average molecular weight is 186 g/mol. The molecule has 0 aliphatic carbocycles. The molecule has 0 fully saturated rings. The van der Waals surface area contributed by atoms with Crippen LogP contribution in [-0.4, -0.2) is 28.9 Å². The standard InChI is InChI=1S/C10H22N2O/c1-6-8(11)9(13)12(7-2)10(3,4)5/h8H,6-7,11H2,1-5H3. The molecule has 0 aromatic heterocycles. The van der Waals surface area contributed by atoms with Gasteiger partial charge in [0.1, 0.15) is 0 Å². The van der Waals surface area contributed by atoms with E-state index in [9.17, 15) is 4.79 Å². The van der Waals surface area contributed by atoms with E-state index >= 15 is 0 Å². The zero-order chi connectivity index (χ0) is 10.6. The van der Waals surface area contributed by atoms with E-state index in [0.717, 1.165) is 6.54 Å². The van der Waals surface area contributed by atoms with Gasteiger partial charge < -0.3 is 10.6 Å². The van der Waals surface area contributed by atoms with Crippen LogP contribution >= 0.6 is 0 Å². The van der Waals surface area contributed by atoms with Crippen molar-refractivity contribution in [1.82, 2.24) is 4.90 Å². The van der Waals surface area contributed by atoms with E-state index in [1.807, 2.05) is 39.5 Å². The Balaban J connectivity index is 4.51. The van der Waals surface area contributed by atoms with Gasteiger partial charge in [0.15, 0.2) is 0 Å². The van der Waals surface area contributed by atoms with Crippen LogP contribution in [0.4, 0.5) is 0 Å². The zero-order valence-electron chi connectivity index (χ0n) is 9.42. The largest absolute Gasteiger partial charge is 0.337 e. The predicted octanol–water partition coefficient (Wildman–Crippen LogP) is 1.37. The van der Waals surface area contributed by atoms with Gasteiger partial charge in [0.25, 0.3) is 0 Å². The molecule has 0 radical (unpaired) electrons. The minimum absolute atomic E-state index is 0.0532. The van der Waals surface area contributed by atoms with Crippen LogP contribution in [-0.2, 0) is 4.79 Å². The van der Waals surface area contributed by atoms with Crippen molar-refractivity contribution < 1.29 is 4.79 Å². The van der Waals surface area contributed by atoms with Crippen molar-refractivity contribution in [1.29, 1.82) is 0 Å². The highest BCUT2D eigenvalue weighted by atomic mass is 16.2. The fourth-order valence-electron chi connectivity index (χ4n) is 1.34. The summed E-state index contributed by atoms with van der Waals surface area (Å²) in [6.07, 6.45) is 0.700. The quantitative estimate of drug-likeness (QED) is 0.723. The molecule has 0 bridgehead atoms. The van der Waals surface area contributed by atoms with Gasteiger partial charge in [-0.05, 0) is 34.1 Å². The van der Waals surface area contributed by atoms with Crippen LogP contribution in [0.25, 0.3) is 0 Å². The first-order valence-corrected chi connectivity index (χ1v) is 4.91. The molecule has 0 aromatic carbocycles. The maximum atomic E-state index is 11.8. The van der Waals surface area contributed by atoms with E-state index in [1.54, 1.807) is 0 Å². The predicted molar refractivity (Wildman–Crippen MR) is 55.4 cm³/mol. The molecule has 0 aliphatic heterocycles. The summed E-state index contributed by atoms with van der Waals surface area (Å²) in [5, 5.41) is 0. The summed E-state index contributed by atoms with van der Waals surface area (Å²) in [6.45, 7) is 10.7. The van der Waals surface area contributed by atoms with E-state index < -0.39 is 0 Å². The topological polar surface area (TPSA) is 46.3 Å². The summed E-state index contributed by atoms with van der Waals surface area (Å²) in [7, 11) is 0. The Morgan fingerprint density at radius 1 is 1.38 bits per heavy atom. The fraction of sp³-hybridized carbons (Fsp3) is 0.900. The third-order valence-electron chi connectivity index (χ3n) is 2.15. The first-order valence-electron chi connectivity index (χ1n) is 4.91. The lowest BCUT2D eigenvalue weighted by molar-refractivity contribution is -0.137. The fourth-order valence-corrected chi connectivity index (χ4v) is 1.34. The highest BCUT2D eigenvalue weighted by Crippen LogP contribution is 2.14. The van der Waals surface area contributed by atoms with Gasteiger partial charge in [-0.1, -0.05) is 6.92 Å². The van der Waals surface area contributed by atoms with Crippen LogP contribution in [0, 0.1) is 0 Å². The minimum Gasteiger partial charge on any atom is -0.337 e. The smallest absolute Gasteiger partial charge is 0.239 e. The molecular weight excluding hydrogens is 164 g/mol. The lowest BCUT2D eigenvalue weighted by Crippen LogP contribution is -2.51. The molecule has 3 heteroatoms. The third kappa shape index (κ3) is 3.35. The Morgan fingerprint density at radius 3 is 2.08 bits per heavy atom. The molecule has 0 saturated carbocycles. The Bertz CT molecular complexity index is 172. The van der Waals surface area contributed by atoms with Gasteiger partial charge in [-0.15, -0.1) is 0 Å². The molecule has 0 aromatic rings. The van der Waals surface area contributed by atoms with Crippen LogP contribution in [0.5, 0.6) is 0 Å². The Hall–Kier alpha value is -0.570. The molecule has 0 aliphatic rings. The Morgan fingerprint density at radius 2 is 1.85 bits per heavy atom. The molecule has 1 atom stereocenters. The normalized spacial score (nSPS) is 14.0. The molecule has 0 saturated heterocycles. The summed E-state index contributed by atoms with van der Waals surface area (Å²) in [5.41, 5.74) is 5.57. The SMILES string of the molecule is CCC(N)C(=O)N(CC)C(C)(C)C. The van der Waals surface area contributed by atoms with Gasteiger partial charge in [0, 0.05) is 12.1 Å². The summed E-state index contributed by atoms with van der Waals surface area (Å²) in [6, 6.07) is -0.348. The summed E-state index contributed by atoms with van der Waals surface area (Å²) in [4.78, 5) is 13.6. The number of nitrogens with two attached hydrogens (primary N) is 1. The molecule has 0 heterocycles. The van der Waals surface area contributed by atoms with Crippen molar-refractivity contribution in [2.45, 2.75) is 52.6 Å². The number of hydrogen-bond acceptors (Lipinski definition) is 2. The van der Waals surface area contributed by atoms with E-state index in [-0.39, 0.29) is 17.5 Å². The maximum absolute atomic E-state index is 11.8. The summed E-state index contributed by atoms with van der Waals surface area (Å²) in [5.74, 6) is 0.0532. The van der Waals surface area contributed by atoms with Gasteiger partial charge in [0.05, 0.1) is 6.04 Å². The first-order chi connectivity index (χ1) is 5.84. The Kier molecular flexibility index (Phi) is 4.40. The number of hydrogen-bond donors (Lipinski definition) is 1. The number of nitrogens with zero attached hydrogens (tertiary/aromatic N) is 1. The third-order valence-corrected chi connectivity index (χ3v) is 2.15. The Labute approximate surface area is 81.3 Å². The van der Waals surface area contributed by atoms with Gasteiger partial charge in [-0.25, -0.2) is 0 Å². The van der Waals surface area contributed by atoms with Crippen molar-refractivity contribution in [2.75, 3.05) is 6.54 Å². The molecule has 0 spiro atoms. The minimum atomic E-state index is -0.348. The van der Waals surface area contributed by atoms with E-state index in [4.69, 9.17) is 5.73 Å². The molecule has 13 heavy (non-hydrogen) atoms. The van der Waals surface area contributed by atoms with Gasteiger partial charge >= 0.3 is 0 Å². The molecule has 78 valence electrons. The summed E-state index contributed by atoms with van der Waals surface area (Å²) < 4.78 is 0. The molecule has 1 amide bonds. The van der Waals surface area contributed by atoms with Crippen LogP contribution in [0.1, 0.15) is 41.0 Å². The van der Waals surface area contributed by atoms with Crippen LogP contribution < -0.4 is 5.73 Å². The highest BCUT2D eigenvalue weighted by molar-refractivity contribution is 5.82. The number of carbonyl (C=O) groups is 1. The number of rotatable bonds is 3. The van der Waals surface area contributed by atoms with E-state index in [1.165, 1.54) is 0 Å². The van der Waals surface area contributed by atoms with Gasteiger partial charge in [-0.2, -0.15) is 0 Å². The number of amides is 1. The molecule has 2 N–H and O–H groups in total. The second-order valence-corrected chi connectivity index (χ2v) is 4.27. The van der Waals surface area contributed by atoms with E-state index in [0.29, 0.717) is 6.42 Å². The first kappa shape index (κ1) is 12.4. The monoisotopic (exact) mass is 186 g/mol. The lowest BCUT2D eigenvalue weighted by atomic mass is 10.0. The van der Waals surface area contributed by atoms with Crippen molar-refractivity contribution >= 4 is 5.91 Å². The van der Waals surface area contributed by atoms with Crippen molar-refractivity contribution in [3.8, 4) is 0 Å². The lowest BCUT2D eigenvalue weighted by Gasteiger charge is -2.36. The molecule has 1 unspecified atom stereocenters. The van der Waals surface area contributed by atoms with E-state index in [2.05, 4.69) is 0 Å². The van der Waals surface area contributed by atoms with Crippen molar-refractivity contribution in [2.24, 2.45) is 5.73 Å². The highest BCUT2D eigenvalue weighted by Gasteiger charge is 2.27. The maximum Gasteiger partial charge on any atom is 0.239 e. The van der Waals surface area contributed by atoms with Crippen molar-refractivity contribution in [3.05, 3.63) is 0 Å². The van der Waals surface area contributed by atoms with Crippen LogP contribution in [0.15, 0.2) is 0 Å². The number of carbonyl (C=O) groups excluding carboxylic acids is 1. The summed E-state index contributed by atoms with van der Waals surface area (Å²) >= 11 is 0. The number of likely N-dealkylation sites (N-methyl/N-ethyl adjacent to an activating group) is 1. The average Bonchev–Trinajstić information content (AvgIpc) is 2.01. The van der Waals surface area contributed by atoms with Crippen LogP contribution in [0.2, 0.25) is 0 Å². The van der Waals surface area contributed by atoms with Crippen molar-refractivity contribution in [3.63, 3.8) is 0 Å². The second-order valence-electron chi connectivity index (χ2n) is 4.27. The molecule has 0 rings (SSSR count). The van der Waals surface area contributed by atoms with Gasteiger partial charge in [0.2, 0.25) is 5.91 Å². The van der Waals surface area contributed by atoms with Gasteiger partial charge in [-0.3, -0.25) is 4.79 Å².